The summed E-state index contributed by atoms with van der Waals surface area (Å²) < 4.78 is 41.8. The van der Waals surface area contributed by atoms with Crippen molar-refractivity contribution < 1.29 is 41.3 Å². The van der Waals surface area contributed by atoms with Gasteiger partial charge in [-0.25, -0.2) is 17.5 Å². The molecule has 0 saturated heterocycles. The van der Waals surface area contributed by atoms with Crippen LogP contribution in [0.4, 0.5) is 4.39 Å². The Morgan fingerprint density at radius 2 is 0.974 bits per heavy atom. The fourth-order valence-corrected chi connectivity index (χ4v) is 6.11. The van der Waals surface area contributed by atoms with Gasteiger partial charge >= 0.3 is 0 Å². The largest absolute Gasteiger partial charge is 1.00 e. The van der Waals surface area contributed by atoms with E-state index in [0.29, 0.717) is 19.4 Å². The molecule has 7 heteroatoms. The van der Waals surface area contributed by atoms with Crippen molar-refractivity contribution in [3.8, 4) is 0 Å². The molecule has 0 amide bonds. The molecule has 0 radical (unpaired) electrons. The average molecular weight is 677 g/mol. The highest BCUT2D eigenvalue weighted by Gasteiger charge is 2.11. The summed E-state index contributed by atoms with van der Waals surface area (Å²) in [7, 11) is 3.18. The van der Waals surface area contributed by atoms with Crippen molar-refractivity contribution in [2.45, 2.75) is 161 Å². The number of hydrogen-bond donors (Lipinski definition) is 1. The summed E-state index contributed by atoms with van der Waals surface area (Å²) in [6.45, 7) is 3.76. The fourth-order valence-electron chi connectivity index (χ4n) is 4.92. The van der Waals surface area contributed by atoms with E-state index in [1.807, 2.05) is 0 Å². The van der Waals surface area contributed by atoms with Crippen LogP contribution in [0.3, 0.4) is 0 Å². The molecule has 0 aliphatic heterocycles. The molecule has 0 aromatic rings. The molecule has 0 aromatic heterocycles. The molecule has 1 atom stereocenters. The molecule has 0 heterocycles. The Balaban J connectivity index is 0. The van der Waals surface area contributed by atoms with Gasteiger partial charge in [-0.15, -0.1) is 0 Å². The van der Waals surface area contributed by atoms with Crippen LogP contribution in [-0.4, -0.2) is 59.1 Å². The summed E-state index contributed by atoms with van der Waals surface area (Å²) in [5.74, 6) is 0.211. The molecule has 0 saturated carbocycles. The Labute approximate surface area is 255 Å². The first-order chi connectivity index (χ1) is 17.7. The first-order valence-electron chi connectivity index (χ1n) is 16.1. The van der Waals surface area contributed by atoms with Crippen molar-refractivity contribution in [1.29, 1.82) is 0 Å². The highest BCUT2D eigenvalue weighted by molar-refractivity contribution is 7.89. The van der Waals surface area contributed by atoms with Crippen LogP contribution < -0.4 is 28.7 Å². The molecule has 4 nitrogen and oxygen atoms in total. The second-order valence-corrected chi connectivity index (χ2v) is 14.4. The minimum absolute atomic E-state index is 0. The molecule has 0 aliphatic carbocycles. The smallest absolute Gasteiger partial charge is 0.211 e. The van der Waals surface area contributed by atoms with E-state index >= 15 is 0 Å². The number of unbranched alkanes of at least 4 members (excludes halogenated alkanes) is 18. The summed E-state index contributed by atoms with van der Waals surface area (Å²) in [5.41, 5.74) is 0. The Bertz CT molecular complexity index is 585. The molecule has 232 valence electrons. The lowest BCUT2D eigenvalue weighted by molar-refractivity contribution is -0.870. The molecule has 0 fully saturated rings. The highest BCUT2D eigenvalue weighted by atomic mass is 127. The van der Waals surface area contributed by atoms with Gasteiger partial charge in [0.1, 0.15) is 6.17 Å². The molecule has 0 aromatic carbocycles. The fraction of sp³-hybridized carbons (Fsp3) is 1.00. The van der Waals surface area contributed by atoms with Crippen molar-refractivity contribution in [2.24, 2.45) is 0 Å². The summed E-state index contributed by atoms with van der Waals surface area (Å²) in [4.78, 5) is 0. The van der Waals surface area contributed by atoms with E-state index < -0.39 is 16.2 Å². The van der Waals surface area contributed by atoms with Gasteiger partial charge in [0.25, 0.3) is 0 Å². The van der Waals surface area contributed by atoms with Crippen LogP contribution in [0.25, 0.3) is 0 Å². The maximum absolute atomic E-state index is 14.1. The van der Waals surface area contributed by atoms with Gasteiger partial charge < -0.3 is 28.5 Å². The van der Waals surface area contributed by atoms with Crippen LogP contribution in [0.1, 0.15) is 155 Å². The van der Waals surface area contributed by atoms with Gasteiger partial charge in [-0.3, -0.25) is 0 Å². The predicted octanol–water partition coefficient (Wildman–Crippen LogP) is 5.95. The topological polar surface area (TPSA) is 46.2 Å². The van der Waals surface area contributed by atoms with Crippen LogP contribution in [0.2, 0.25) is 0 Å². The van der Waals surface area contributed by atoms with Crippen molar-refractivity contribution >= 4 is 10.0 Å². The third kappa shape index (κ3) is 32.7. The minimum atomic E-state index is -3.15. The Morgan fingerprint density at radius 1 is 0.605 bits per heavy atom. The number of rotatable bonds is 29. The Kier molecular flexibility index (Phi) is 29.6. The number of nitrogens with one attached hydrogen (secondary N) is 1. The van der Waals surface area contributed by atoms with Crippen LogP contribution in [0, 0.1) is 0 Å². The predicted molar refractivity (Wildman–Crippen MR) is 161 cm³/mol. The lowest BCUT2D eigenvalue weighted by Gasteiger charge is -2.23. The molecular weight excluding hydrogens is 610 g/mol. The lowest BCUT2D eigenvalue weighted by atomic mass is 10.0. The molecule has 0 rings (SSSR count). The van der Waals surface area contributed by atoms with Gasteiger partial charge in [0.2, 0.25) is 10.0 Å². The lowest BCUT2D eigenvalue weighted by Crippen LogP contribution is -3.00. The van der Waals surface area contributed by atoms with Crippen LogP contribution in [0.15, 0.2) is 0 Å². The molecule has 0 bridgehead atoms. The van der Waals surface area contributed by atoms with Crippen LogP contribution in [-0.2, 0) is 10.0 Å². The van der Waals surface area contributed by atoms with E-state index in [2.05, 4.69) is 32.8 Å². The van der Waals surface area contributed by atoms with Crippen molar-refractivity contribution in [2.75, 3.05) is 40.0 Å². The molecular formula is C31H66FIN2O2S. The second-order valence-electron chi connectivity index (χ2n) is 12.5. The number of nitrogens with zero attached hydrogens (tertiary/aromatic N) is 1. The van der Waals surface area contributed by atoms with E-state index in [1.54, 1.807) is 0 Å². The summed E-state index contributed by atoms with van der Waals surface area (Å²) in [5, 5.41) is 0. The maximum atomic E-state index is 14.1. The Hall–Kier alpha value is 0.530. The minimum Gasteiger partial charge on any atom is -1.00 e. The van der Waals surface area contributed by atoms with Gasteiger partial charge in [0, 0.05) is 13.0 Å². The molecule has 38 heavy (non-hydrogen) atoms. The van der Waals surface area contributed by atoms with E-state index in [0.717, 1.165) is 56.0 Å². The van der Waals surface area contributed by atoms with E-state index in [4.69, 9.17) is 0 Å². The number of alkyl halides is 1. The quantitative estimate of drug-likeness (QED) is 0.0606. The zero-order valence-electron chi connectivity index (χ0n) is 25.9. The normalized spacial score (nSPS) is 13.0. The van der Waals surface area contributed by atoms with Gasteiger partial charge in [-0.1, -0.05) is 129 Å². The van der Waals surface area contributed by atoms with E-state index in [-0.39, 0.29) is 29.7 Å². The molecule has 0 aliphatic rings. The van der Waals surface area contributed by atoms with Gasteiger partial charge in [0.15, 0.2) is 0 Å². The summed E-state index contributed by atoms with van der Waals surface area (Å²) in [6.07, 6.45) is 26.3. The standard InChI is InChI=1S/C31H66FN2O2S.HI/c1-5-6-7-8-9-10-11-12-13-14-15-16-17-19-22-26-31(32)27-23-20-18-21-24-30-37(35,36)33-28-25-29-34(2,3)4;/h31,33H,5-30H2,1-4H3;1H/q+1;/p-1. The van der Waals surface area contributed by atoms with Gasteiger partial charge in [-0.2, -0.15) is 0 Å². The van der Waals surface area contributed by atoms with Crippen molar-refractivity contribution in [1.82, 2.24) is 4.72 Å². The first kappa shape index (κ1) is 40.7. The molecule has 0 spiro atoms. The zero-order chi connectivity index (χ0) is 27.7. The average Bonchev–Trinajstić information content (AvgIpc) is 2.83. The van der Waals surface area contributed by atoms with E-state index in [9.17, 15) is 12.8 Å². The molecule has 1 N–H and O–H groups in total. The molecule has 1 unspecified atom stereocenters. The maximum Gasteiger partial charge on any atom is 0.211 e. The Morgan fingerprint density at radius 3 is 1.37 bits per heavy atom. The number of sulfonamides is 1. The second kappa shape index (κ2) is 27.7. The SMILES string of the molecule is CCCCCCCCCCCCCCCCCC(F)CCCCCCCS(=O)(=O)NCCC[N+](C)(C)C.[I-]. The van der Waals surface area contributed by atoms with Crippen molar-refractivity contribution in [3.63, 3.8) is 0 Å². The number of hydrogen-bond acceptors (Lipinski definition) is 2. The third-order valence-electron chi connectivity index (χ3n) is 7.38. The first-order valence-corrected chi connectivity index (χ1v) is 17.7. The van der Waals surface area contributed by atoms with Crippen molar-refractivity contribution in [3.05, 3.63) is 0 Å². The van der Waals surface area contributed by atoms with Crippen LogP contribution in [0.5, 0.6) is 0 Å². The van der Waals surface area contributed by atoms with Gasteiger partial charge in [-0.05, 0) is 19.3 Å². The monoisotopic (exact) mass is 676 g/mol. The number of halogens is 2. The third-order valence-corrected chi connectivity index (χ3v) is 8.85. The summed E-state index contributed by atoms with van der Waals surface area (Å²) in [6, 6.07) is 0. The summed E-state index contributed by atoms with van der Waals surface area (Å²) >= 11 is 0. The highest BCUT2D eigenvalue weighted by Crippen LogP contribution is 2.17. The zero-order valence-corrected chi connectivity index (χ0v) is 28.9. The van der Waals surface area contributed by atoms with Crippen LogP contribution >= 0.6 is 0 Å². The van der Waals surface area contributed by atoms with E-state index in [1.165, 1.54) is 89.9 Å². The van der Waals surface area contributed by atoms with Gasteiger partial charge in [0.05, 0.1) is 33.4 Å². The number of quaternary nitrogens is 1.